The Hall–Kier alpha value is -2.86. The molecule has 0 fully saturated rings. The molecule has 0 aliphatic carbocycles. The van der Waals surface area contributed by atoms with Crippen molar-refractivity contribution >= 4 is 21.0 Å². The van der Waals surface area contributed by atoms with Crippen molar-refractivity contribution in [3.63, 3.8) is 0 Å². The highest BCUT2D eigenvalue weighted by Gasteiger charge is 2.27. The molecule has 1 N–H and O–H groups in total. The summed E-state index contributed by atoms with van der Waals surface area (Å²) in [6, 6.07) is 32.4. The molecule has 0 aliphatic heterocycles. The summed E-state index contributed by atoms with van der Waals surface area (Å²) in [5.41, 5.74) is 5.03. The second-order valence-corrected chi connectivity index (χ2v) is 16.6. The lowest BCUT2D eigenvalue weighted by Crippen LogP contribution is -2.13. The summed E-state index contributed by atoms with van der Waals surface area (Å²) in [4.78, 5) is 3.93. The fourth-order valence-electron chi connectivity index (χ4n) is 5.55. The monoisotopic (exact) mass is 602 g/mol. The van der Waals surface area contributed by atoms with Gasteiger partial charge in [-0.3, -0.25) is 4.55 Å². The second-order valence-electron chi connectivity index (χ2n) is 13.1. The third-order valence-corrected chi connectivity index (χ3v) is 11.4. The SMILES string of the molecule is CC(C)c1cc(C(C)C)c(S(=O)(=O)O)c(C(C)Cc2cccc([SH](c3ccccc3)c3ccc(C(C)(C)C)cc3)c2)c1. The first-order valence-electron chi connectivity index (χ1n) is 14.9. The number of benzene rings is 4. The molecule has 5 heteroatoms. The molecule has 0 spiro atoms. The summed E-state index contributed by atoms with van der Waals surface area (Å²) < 4.78 is 35.8. The van der Waals surface area contributed by atoms with E-state index < -0.39 is 21.0 Å². The van der Waals surface area contributed by atoms with Gasteiger partial charge in [0.15, 0.2) is 0 Å². The maximum absolute atomic E-state index is 12.7. The van der Waals surface area contributed by atoms with E-state index in [-0.39, 0.29) is 28.1 Å². The van der Waals surface area contributed by atoms with E-state index in [1.165, 1.54) is 20.2 Å². The first kappa shape index (κ1) is 32.1. The van der Waals surface area contributed by atoms with Gasteiger partial charge in [-0.05, 0) is 108 Å². The molecule has 0 aliphatic rings. The number of thiol groups is 1. The van der Waals surface area contributed by atoms with Crippen LogP contribution in [0.4, 0.5) is 0 Å². The summed E-state index contributed by atoms with van der Waals surface area (Å²) in [5, 5.41) is 0. The molecule has 0 amide bonds. The molecule has 0 aromatic heterocycles. The lowest BCUT2D eigenvalue weighted by molar-refractivity contribution is 0.478. The topological polar surface area (TPSA) is 54.4 Å². The van der Waals surface area contributed by atoms with Crippen LogP contribution in [-0.2, 0) is 22.0 Å². The van der Waals surface area contributed by atoms with E-state index in [0.29, 0.717) is 17.5 Å². The van der Waals surface area contributed by atoms with Crippen LogP contribution < -0.4 is 0 Å². The zero-order chi connectivity index (χ0) is 30.8. The van der Waals surface area contributed by atoms with Crippen LogP contribution >= 0.6 is 10.9 Å². The van der Waals surface area contributed by atoms with Gasteiger partial charge < -0.3 is 0 Å². The van der Waals surface area contributed by atoms with Crippen LogP contribution in [0.15, 0.2) is 111 Å². The van der Waals surface area contributed by atoms with E-state index >= 15 is 0 Å². The normalized spacial score (nSPS) is 14.3. The van der Waals surface area contributed by atoms with Gasteiger partial charge in [0.25, 0.3) is 10.1 Å². The minimum absolute atomic E-state index is 0.0333. The predicted molar refractivity (Wildman–Crippen MR) is 178 cm³/mol. The highest BCUT2D eigenvalue weighted by molar-refractivity contribution is 8.17. The first-order chi connectivity index (χ1) is 19.7. The Bertz CT molecular complexity index is 1610. The lowest BCUT2D eigenvalue weighted by atomic mass is 9.86. The van der Waals surface area contributed by atoms with Crippen molar-refractivity contribution in [3.8, 4) is 0 Å². The third kappa shape index (κ3) is 7.37. The van der Waals surface area contributed by atoms with E-state index in [2.05, 4.69) is 120 Å². The van der Waals surface area contributed by atoms with Crippen LogP contribution in [0.5, 0.6) is 0 Å². The molecule has 2 unspecified atom stereocenters. The standard InChI is InChI=1S/C37H46O3S2/c1-25(2)29-23-34(26(3)4)36(42(38,39)40)35(24-29)27(5)21-28-13-12-16-33(22-28)41(31-14-10-9-11-15-31)32-19-17-30(18-20-32)37(6,7)8/h9-20,22-27,41H,21H2,1-8H3,(H,38,39,40). The molecular formula is C37H46O3S2. The van der Waals surface area contributed by atoms with E-state index in [4.69, 9.17) is 0 Å². The van der Waals surface area contributed by atoms with Crippen molar-refractivity contribution in [3.05, 3.63) is 119 Å². The van der Waals surface area contributed by atoms with Crippen molar-refractivity contribution in [1.82, 2.24) is 0 Å². The maximum atomic E-state index is 12.7. The number of hydrogen-bond acceptors (Lipinski definition) is 2. The highest BCUT2D eigenvalue weighted by atomic mass is 32.2. The fourth-order valence-corrected chi connectivity index (χ4v) is 9.04. The van der Waals surface area contributed by atoms with Crippen LogP contribution in [0.25, 0.3) is 0 Å². The Morgan fingerprint density at radius 3 is 1.81 bits per heavy atom. The highest BCUT2D eigenvalue weighted by Crippen LogP contribution is 2.51. The van der Waals surface area contributed by atoms with Gasteiger partial charge in [0.05, 0.1) is 0 Å². The molecule has 0 bridgehead atoms. The third-order valence-electron chi connectivity index (χ3n) is 7.96. The van der Waals surface area contributed by atoms with Gasteiger partial charge in [-0.25, -0.2) is 0 Å². The molecule has 0 saturated carbocycles. The van der Waals surface area contributed by atoms with E-state index in [1.54, 1.807) is 0 Å². The van der Waals surface area contributed by atoms with Gasteiger partial charge in [0, 0.05) is 0 Å². The van der Waals surface area contributed by atoms with Crippen molar-refractivity contribution in [2.45, 2.75) is 105 Å². The van der Waals surface area contributed by atoms with Crippen LogP contribution in [0.1, 0.15) is 101 Å². The number of hydrogen-bond donors (Lipinski definition) is 2. The van der Waals surface area contributed by atoms with Gasteiger partial charge in [-0.15, -0.1) is 0 Å². The van der Waals surface area contributed by atoms with Crippen LogP contribution in [0.3, 0.4) is 0 Å². The van der Waals surface area contributed by atoms with E-state index in [1.807, 2.05) is 26.0 Å². The van der Waals surface area contributed by atoms with Crippen LogP contribution in [-0.4, -0.2) is 13.0 Å². The minimum Gasteiger partial charge on any atom is -0.282 e. The molecule has 0 saturated heterocycles. The molecule has 224 valence electrons. The summed E-state index contributed by atoms with van der Waals surface area (Å²) in [5.74, 6) is 0.0997. The van der Waals surface area contributed by atoms with Crippen molar-refractivity contribution in [2.24, 2.45) is 0 Å². The van der Waals surface area contributed by atoms with Crippen LogP contribution in [0, 0.1) is 0 Å². The summed E-state index contributed by atoms with van der Waals surface area (Å²) in [6.07, 6.45) is 0.663. The Labute approximate surface area is 256 Å². The Kier molecular flexibility index (Phi) is 9.76. The zero-order valence-electron chi connectivity index (χ0n) is 26.2. The van der Waals surface area contributed by atoms with Gasteiger partial charge in [0.1, 0.15) is 4.90 Å². The Morgan fingerprint density at radius 1 is 0.690 bits per heavy atom. The average Bonchev–Trinajstić information content (AvgIpc) is 2.92. The Balaban J connectivity index is 1.77. The van der Waals surface area contributed by atoms with E-state index in [0.717, 1.165) is 11.1 Å². The summed E-state index contributed by atoms with van der Waals surface area (Å²) in [7, 11) is -5.17. The maximum Gasteiger partial charge on any atom is 0.295 e. The molecule has 4 aromatic rings. The average molecular weight is 603 g/mol. The molecule has 4 rings (SSSR count). The quantitative estimate of drug-likeness (QED) is 0.148. The van der Waals surface area contributed by atoms with Gasteiger partial charge in [0.2, 0.25) is 0 Å². The lowest BCUT2D eigenvalue weighted by Gasteiger charge is -2.26. The molecule has 3 nitrogen and oxygen atoms in total. The fraction of sp³-hybridized carbons (Fsp3) is 0.351. The summed E-state index contributed by atoms with van der Waals surface area (Å²) >= 11 is 0. The largest absolute Gasteiger partial charge is 0.295 e. The number of rotatable bonds is 9. The van der Waals surface area contributed by atoms with Crippen LogP contribution in [0.2, 0.25) is 0 Å². The molecule has 2 atom stereocenters. The molecule has 0 heterocycles. The van der Waals surface area contributed by atoms with E-state index in [9.17, 15) is 13.0 Å². The molecular weight excluding hydrogens is 557 g/mol. The minimum atomic E-state index is -4.39. The molecule has 4 aromatic carbocycles. The molecule has 42 heavy (non-hydrogen) atoms. The van der Waals surface area contributed by atoms with Gasteiger partial charge >= 0.3 is 0 Å². The van der Waals surface area contributed by atoms with Crippen molar-refractivity contribution in [1.29, 1.82) is 0 Å². The Morgan fingerprint density at radius 2 is 1.26 bits per heavy atom. The van der Waals surface area contributed by atoms with Gasteiger partial charge in [-0.1, -0.05) is 110 Å². The molecule has 0 radical (unpaired) electrons. The van der Waals surface area contributed by atoms with Crippen molar-refractivity contribution in [2.75, 3.05) is 0 Å². The zero-order valence-corrected chi connectivity index (χ0v) is 27.9. The summed E-state index contributed by atoms with van der Waals surface area (Å²) in [6.45, 7) is 17.0. The van der Waals surface area contributed by atoms with Gasteiger partial charge in [-0.2, -0.15) is 19.3 Å². The second kappa shape index (κ2) is 12.8. The predicted octanol–water partition coefficient (Wildman–Crippen LogP) is 10.3. The smallest absolute Gasteiger partial charge is 0.282 e. The first-order valence-corrected chi connectivity index (χ1v) is 17.6. The van der Waals surface area contributed by atoms with Crippen molar-refractivity contribution < 1.29 is 13.0 Å².